The lowest BCUT2D eigenvalue weighted by Gasteiger charge is -2.31. The molecule has 34 heavy (non-hydrogen) atoms. The number of carbonyl (C=O) groups is 3. The van der Waals surface area contributed by atoms with Crippen LogP contribution in [0.2, 0.25) is 0 Å². The van der Waals surface area contributed by atoms with Crippen molar-refractivity contribution in [3.05, 3.63) is 60.4 Å². The van der Waals surface area contributed by atoms with E-state index in [-0.39, 0.29) is 25.1 Å². The summed E-state index contributed by atoms with van der Waals surface area (Å²) in [5.74, 6) is 0.713. The number of para-hydroxylation sites is 3. The number of hydrogen-bond acceptors (Lipinski definition) is 6. The molecule has 5 rings (SSSR count). The van der Waals surface area contributed by atoms with Crippen LogP contribution in [-0.4, -0.2) is 60.0 Å². The van der Waals surface area contributed by atoms with Crippen molar-refractivity contribution in [2.24, 2.45) is 0 Å². The van der Waals surface area contributed by atoms with Crippen LogP contribution in [0.1, 0.15) is 19.6 Å². The van der Waals surface area contributed by atoms with Crippen molar-refractivity contribution in [1.29, 1.82) is 0 Å². The molecule has 1 aromatic heterocycles. The van der Waals surface area contributed by atoms with Gasteiger partial charge in [0.15, 0.2) is 23.1 Å². The fourth-order valence-electron chi connectivity index (χ4n) is 4.28. The van der Waals surface area contributed by atoms with Crippen LogP contribution < -0.4 is 14.8 Å². The molecule has 2 aliphatic heterocycles. The maximum Gasteiger partial charge on any atom is 0.325 e. The predicted octanol–water partition coefficient (Wildman–Crippen LogP) is 2.89. The van der Waals surface area contributed by atoms with Crippen molar-refractivity contribution in [2.75, 3.05) is 26.2 Å². The fraction of sp³-hybridized carbons (Fsp3) is 0.320. The first-order chi connectivity index (χ1) is 16.4. The van der Waals surface area contributed by atoms with Gasteiger partial charge in [0.05, 0.1) is 6.54 Å². The van der Waals surface area contributed by atoms with Crippen LogP contribution in [0.25, 0.3) is 11.0 Å². The number of likely N-dealkylation sites (N-methyl/N-ethyl adjacent to an activating group) is 1. The van der Waals surface area contributed by atoms with Crippen molar-refractivity contribution in [3.8, 4) is 11.5 Å². The van der Waals surface area contributed by atoms with Gasteiger partial charge in [0.25, 0.3) is 5.91 Å². The van der Waals surface area contributed by atoms with Crippen molar-refractivity contribution in [1.82, 2.24) is 15.1 Å². The molecule has 2 aliphatic rings. The lowest BCUT2D eigenvalue weighted by molar-refractivity contribution is -0.139. The van der Waals surface area contributed by atoms with E-state index in [1.165, 1.54) is 0 Å². The summed E-state index contributed by atoms with van der Waals surface area (Å²) in [6.45, 7) is 4.00. The summed E-state index contributed by atoms with van der Waals surface area (Å²) in [6.07, 6.45) is -0.359. The summed E-state index contributed by atoms with van der Waals surface area (Å²) in [4.78, 5) is 41.5. The number of urea groups is 1. The second-order valence-electron chi connectivity index (χ2n) is 8.52. The predicted molar refractivity (Wildman–Crippen MR) is 122 cm³/mol. The molecule has 0 spiro atoms. The molecule has 0 unspecified atom stereocenters. The molecule has 9 nitrogen and oxygen atoms in total. The van der Waals surface area contributed by atoms with E-state index in [4.69, 9.17) is 13.9 Å². The standard InChI is InChI=1S/C25H25N3O6/c1-3-27(13-17-15-32-19-10-6-7-11-20(19)33-17)22(29)14-28-23(30)25(2,26-24(28)31)21-12-16-8-4-5-9-18(16)34-21/h4-12,17H,3,13-15H2,1-2H3,(H,26,31)/t17-,25+/m1/s1. The highest BCUT2D eigenvalue weighted by molar-refractivity contribution is 6.09. The van der Waals surface area contributed by atoms with Crippen LogP contribution in [0.3, 0.4) is 0 Å². The zero-order valence-electron chi connectivity index (χ0n) is 18.9. The second-order valence-corrected chi connectivity index (χ2v) is 8.52. The van der Waals surface area contributed by atoms with Gasteiger partial charge in [-0.25, -0.2) is 4.79 Å². The Morgan fingerprint density at radius 2 is 1.88 bits per heavy atom. The first kappa shape index (κ1) is 21.8. The highest BCUT2D eigenvalue weighted by Crippen LogP contribution is 2.33. The van der Waals surface area contributed by atoms with E-state index >= 15 is 0 Å². The van der Waals surface area contributed by atoms with E-state index in [1.54, 1.807) is 24.0 Å². The number of amides is 4. The van der Waals surface area contributed by atoms with Crippen molar-refractivity contribution in [3.63, 3.8) is 0 Å². The van der Waals surface area contributed by atoms with Gasteiger partial charge >= 0.3 is 6.03 Å². The molecule has 3 heterocycles. The van der Waals surface area contributed by atoms with Crippen molar-refractivity contribution < 1.29 is 28.3 Å². The Labute approximate surface area is 196 Å². The largest absolute Gasteiger partial charge is 0.486 e. The third-order valence-corrected chi connectivity index (χ3v) is 6.21. The molecule has 0 radical (unpaired) electrons. The number of hydrogen-bond donors (Lipinski definition) is 1. The van der Waals surface area contributed by atoms with Crippen molar-refractivity contribution in [2.45, 2.75) is 25.5 Å². The summed E-state index contributed by atoms with van der Waals surface area (Å²) in [5, 5.41) is 3.51. The van der Waals surface area contributed by atoms with Gasteiger partial charge in [-0.2, -0.15) is 0 Å². The van der Waals surface area contributed by atoms with E-state index in [1.807, 2.05) is 49.4 Å². The average molecular weight is 463 g/mol. The highest BCUT2D eigenvalue weighted by Gasteiger charge is 2.52. The minimum absolute atomic E-state index is 0.272. The van der Waals surface area contributed by atoms with Crippen LogP contribution >= 0.6 is 0 Å². The topological polar surface area (TPSA) is 101 Å². The van der Waals surface area contributed by atoms with Gasteiger partial charge in [0.1, 0.15) is 24.5 Å². The number of fused-ring (bicyclic) bond motifs is 2. The van der Waals surface area contributed by atoms with Crippen LogP contribution in [0.4, 0.5) is 4.79 Å². The summed E-state index contributed by atoms with van der Waals surface area (Å²) in [6, 6.07) is 15.8. The first-order valence-electron chi connectivity index (χ1n) is 11.2. The Kier molecular flexibility index (Phi) is 5.39. The monoisotopic (exact) mass is 463 g/mol. The Hall–Kier alpha value is -4.01. The summed E-state index contributed by atoms with van der Waals surface area (Å²) in [7, 11) is 0. The minimum atomic E-state index is -1.39. The molecule has 1 fully saturated rings. The normalized spacial score (nSPS) is 21.6. The molecule has 2 atom stereocenters. The Morgan fingerprint density at radius 1 is 1.15 bits per heavy atom. The number of ether oxygens (including phenoxy) is 2. The third-order valence-electron chi connectivity index (χ3n) is 6.21. The summed E-state index contributed by atoms with van der Waals surface area (Å²) in [5.41, 5.74) is -0.777. The number of benzene rings is 2. The highest BCUT2D eigenvalue weighted by atomic mass is 16.6. The SMILES string of the molecule is CCN(C[C@@H]1COc2ccccc2O1)C(=O)CN1C(=O)N[C@@](C)(c2cc3ccccc3o2)C1=O. The van der Waals surface area contributed by atoms with E-state index in [2.05, 4.69) is 5.32 Å². The first-order valence-corrected chi connectivity index (χ1v) is 11.2. The van der Waals surface area contributed by atoms with Gasteiger partial charge in [-0.15, -0.1) is 0 Å². The second kappa shape index (κ2) is 8.40. The molecule has 0 saturated carbocycles. The van der Waals surface area contributed by atoms with Gasteiger partial charge in [0, 0.05) is 11.9 Å². The van der Waals surface area contributed by atoms with E-state index in [0.29, 0.717) is 36.0 Å². The molecule has 2 aromatic carbocycles. The summed E-state index contributed by atoms with van der Waals surface area (Å²) >= 11 is 0. The number of carbonyl (C=O) groups excluding carboxylic acids is 3. The molecule has 0 bridgehead atoms. The molecule has 3 aromatic rings. The molecule has 4 amide bonds. The molecular formula is C25H25N3O6. The maximum absolute atomic E-state index is 13.3. The van der Waals surface area contributed by atoms with Crippen LogP contribution in [0.5, 0.6) is 11.5 Å². The van der Waals surface area contributed by atoms with Crippen LogP contribution in [0, 0.1) is 0 Å². The third kappa shape index (κ3) is 3.72. The molecule has 176 valence electrons. The lowest BCUT2D eigenvalue weighted by Crippen LogP contribution is -2.48. The van der Waals surface area contributed by atoms with E-state index in [9.17, 15) is 14.4 Å². The zero-order valence-corrected chi connectivity index (χ0v) is 18.9. The molecule has 1 N–H and O–H groups in total. The Balaban J connectivity index is 1.28. The molecule has 1 saturated heterocycles. The maximum atomic E-state index is 13.3. The number of rotatable bonds is 6. The van der Waals surface area contributed by atoms with E-state index < -0.39 is 17.5 Å². The number of furan rings is 1. The van der Waals surface area contributed by atoms with E-state index in [0.717, 1.165) is 10.3 Å². The number of nitrogens with zero attached hydrogens (tertiary/aromatic N) is 2. The zero-order chi connectivity index (χ0) is 23.9. The molecule has 9 heteroatoms. The smallest absolute Gasteiger partial charge is 0.325 e. The van der Waals surface area contributed by atoms with Gasteiger partial charge in [0.2, 0.25) is 5.91 Å². The quantitative estimate of drug-likeness (QED) is 0.564. The van der Waals surface area contributed by atoms with Gasteiger partial charge in [-0.05, 0) is 38.1 Å². The van der Waals surface area contributed by atoms with Crippen LogP contribution in [0.15, 0.2) is 59.0 Å². The molecular weight excluding hydrogens is 438 g/mol. The molecule has 0 aliphatic carbocycles. The average Bonchev–Trinajstić information content (AvgIpc) is 3.38. The van der Waals surface area contributed by atoms with Gasteiger partial charge in [-0.3, -0.25) is 14.5 Å². The minimum Gasteiger partial charge on any atom is -0.486 e. The lowest BCUT2D eigenvalue weighted by atomic mass is 9.99. The van der Waals surface area contributed by atoms with Gasteiger partial charge in [-0.1, -0.05) is 30.3 Å². The summed E-state index contributed by atoms with van der Waals surface area (Å²) < 4.78 is 17.5. The Bertz CT molecular complexity index is 1240. The van der Waals surface area contributed by atoms with Crippen molar-refractivity contribution >= 4 is 28.8 Å². The fourth-order valence-corrected chi connectivity index (χ4v) is 4.28. The number of imide groups is 1. The Morgan fingerprint density at radius 3 is 2.65 bits per heavy atom. The van der Waals surface area contributed by atoms with Crippen LogP contribution in [-0.2, 0) is 15.1 Å². The van der Waals surface area contributed by atoms with Gasteiger partial charge < -0.3 is 24.1 Å². The number of nitrogens with one attached hydrogen (secondary N) is 1.